The molecule has 0 radical (unpaired) electrons. The molecule has 0 aliphatic carbocycles. The molecule has 0 spiro atoms. The fraction of sp³-hybridized carbons (Fsp3) is 0.300. The van der Waals surface area contributed by atoms with Gasteiger partial charge in [-0.3, -0.25) is 0 Å². The van der Waals surface area contributed by atoms with E-state index in [2.05, 4.69) is 25.4 Å². The average Bonchev–Trinajstić information content (AvgIpc) is 2.29. The Kier molecular flexibility index (Phi) is 4.88. The maximum absolute atomic E-state index is 13.1. The molecule has 0 heterocycles. The van der Waals surface area contributed by atoms with Gasteiger partial charge in [0.15, 0.2) is 0 Å². The van der Waals surface area contributed by atoms with Gasteiger partial charge in [0.25, 0.3) is 0 Å². The zero-order chi connectivity index (χ0) is 15.6. The molecule has 0 fully saturated rings. The zero-order valence-electron chi connectivity index (χ0n) is 9.22. The Morgan fingerprint density at radius 1 is 1.20 bits per heavy atom. The maximum atomic E-state index is 13.1. The molecule has 10 heteroatoms. The van der Waals surface area contributed by atoms with Crippen LogP contribution in [0.25, 0.3) is 0 Å². The van der Waals surface area contributed by atoms with E-state index in [0.717, 1.165) is 18.2 Å². The summed E-state index contributed by atoms with van der Waals surface area (Å²) in [6, 6.07) is 4.70. The number of alkyl halides is 6. The molecule has 0 saturated heterocycles. The standard InChI is InChI=1S/C10H4BrF6NO2/c11-6-3-5(4-18)1-2-7(6)19-9(13,14)8(12)20-10(15,16)17/h1-3,8H/t8-/m1/s1. The molecule has 1 aromatic carbocycles. The largest absolute Gasteiger partial charge is 0.525 e. The van der Waals surface area contributed by atoms with Crippen LogP contribution in [0.3, 0.4) is 0 Å². The smallest absolute Gasteiger partial charge is 0.427 e. The third-order valence-electron chi connectivity index (χ3n) is 1.81. The third-order valence-corrected chi connectivity index (χ3v) is 2.43. The van der Waals surface area contributed by atoms with Crippen molar-refractivity contribution in [3.05, 3.63) is 28.2 Å². The molecule has 1 aromatic rings. The van der Waals surface area contributed by atoms with Crippen molar-refractivity contribution < 1.29 is 35.8 Å². The number of nitrogens with zero attached hydrogens (tertiary/aromatic N) is 1. The Balaban J connectivity index is 2.88. The molecule has 0 unspecified atom stereocenters. The van der Waals surface area contributed by atoms with Gasteiger partial charge in [-0.1, -0.05) is 0 Å². The lowest BCUT2D eigenvalue weighted by molar-refractivity contribution is -0.411. The number of hydrogen-bond acceptors (Lipinski definition) is 3. The van der Waals surface area contributed by atoms with Crippen LogP contribution in [-0.4, -0.2) is 18.8 Å². The fourth-order valence-corrected chi connectivity index (χ4v) is 1.49. The summed E-state index contributed by atoms with van der Waals surface area (Å²) >= 11 is 2.76. The van der Waals surface area contributed by atoms with Gasteiger partial charge in [0, 0.05) is 0 Å². The second-order valence-corrected chi connectivity index (χ2v) is 4.15. The van der Waals surface area contributed by atoms with Crippen LogP contribution in [-0.2, 0) is 4.74 Å². The van der Waals surface area contributed by atoms with Gasteiger partial charge in [-0.2, -0.15) is 14.0 Å². The van der Waals surface area contributed by atoms with E-state index < -0.39 is 24.6 Å². The third kappa shape index (κ3) is 4.57. The van der Waals surface area contributed by atoms with Gasteiger partial charge < -0.3 is 4.74 Å². The first-order valence-corrected chi connectivity index (χ1v) is 5.49. The van der Waals surface area contributed by atoms with E-state index in [1.165, 1.54) is 0 Å². The molecular weight excluding hydrogens is 360 g/mol. The summed E-state index contributed by atoms with van der Waals surface area (Å²) in [7, 11) is 0. The summed E-state index contributed by atoms with van der Waals surface area (Å²) in [6.45, 7) is 0. The van der Waals surface area contributed by atoms with Crippen molar-refractivity contribution in [2.45, 2.75) is 18.8 Å². The number of halogens is 7. The highest BCUT2D eigenvalue weighted by Crippen LogP contribution is 2.35. The van der Waals surface area contributed by atoms with E-state index in [1.807, 2.05) is 0 Å². The van der Waals surface area contributed by atoms with Crippen molar-refractivity contribution >= 4 is 15.9 Å². The molecule has 0 aliphatic heterocycles. The van der Waals surface area contributed by atoms with E-state index in [0.29, 0.717) is 0 Å². The Labute approximate surface area is 116 Å². The first kappa shape index (κ1) is 16.6. The van der Waals surface area contributed by atoms with Gasteiger partial charge in [-0.05, 0) is 34.1 Å². The highest BCUT2D eigenvalue weighted by molar-refractivity contribution is 9.10. The van der Waals surface area contributed by atoms with Crippen LogP contribution in [0.15, 0.2) is 22.7 Å². The summed E-state index contributed by atoms with van der Waals surface area (Å²) in [6.07, 6.45) is -14.5. The molecule has 0 bridgehead atoms. The minimum absolute atomic E-state index is 0.0795. The summed E-state index contributed by atoms with van der Waals surface area (Å²) in [5.74, 6) is -0.651. The second-order valence-electron chi connectivity index (χ2n) is 3.30. The Bertz CT molecular complexity index is 527. The SMILES string of the molecule is N#Cc1ccc(OC(F)(F)[C@H](F)OC(F)(F)F)c(Br)c1. The van der Waals surface area contributed by atoms with Crippen molar-refractivity contribution in [2.24, 2.45) is 0 Å². The minimum Gasteiger partial charge on any atom is -0.427 e. The monoisotopic (exact) mass is 363 g/mol. The van der Waals surface area contributed by atoms with Crippen molar-refractivity contribution in [2.75, 3.05) is 0 Å². The summed E-state index contributed by atoms with van der Waals surface area (Å²) in [5.41, 5.74) is 0.0795. The molecule has 0 N–H and O–H groups in total. The number of rotatable bonds is 4. The van der Waals surface area contributed by atoms with Crippen LogP contribution >= 0.6 is 15.9 Å². The van der Waals surface area contributed by atoms with Crippen molar-refractivity contribution in [3.63, 3.8) is 0 Å². The summed E-state index contributed by atoms with van der Waals surface area (Å²) < 4.78 is 80.1. The minimum atomic E-state index is -5.58. The first-order valence-electron chi connectivity index (χ1n) is 4.70. The molecule has 0 aliphatic rings. The molecule has 0 amide bonds. The van der Waals surface area contributed by atoms with Crippen LogP contribution in [0.4, 0.5) is 26.3 Å². The molecule has 0 saturated carbocycles. The lowest BCUT2D eigenvalue weighted by Crippen LogP contribution is -2.41. The van der Waals surface area contributed by atoms with Crippen molar-refractivity contribution in [1.82, 2.24) is 0 Å². The molecule has 0 aromatic heterocycles. The second kappa shape index (κ2) is 5.88. The Morgan fingerprint density at radius 3 is 2.25 bits per heavy atom. The molecule has 1 rings (SSSR count). The number of nitriles is 1. The topological polar surface area (TPSA) is 42.2 Å². The highest BCUT2D eigenvalue weighted by Gasteiger charge is 2.50. The predicted octanol–water partition coefficient (Wildman–Crippen LogP) is 4.12. The van der Waals surface area contributed by atoms with E-state index in [4.69, 9.17) is 5.26 Å². The van der Waals surface area contributed by atoms with Gasteiger partial charge in [0.05, 0.1) is 16.1 Å². The zero-order valence-corrected chi connectivity index (χ0v) is 10.8. The Hall–Kier alpha value is -1.47. The average molecular weight is 364 g/mol. The van der Waals surface area contributed by atoms with Crippen molar-refractivity contribution in [1.29, 1.82) is 5.26 Å². The van der Waals surface area contributed by atoms with Gasteiger partial charge in [-0.15, -0.1) is 13.2 Å². The number of benzene rings is 1. The van der Waals surface area contributed by atoms with Crippen LogP contribution in [0.2, 0.25) is 0 Å². The van der Waals surface area contributed by atoms with E-state index in [9.17, 15) is 26.3 Å². The first-order chi connectivity index (χ1) is 9.05. The fourth-order valence-electron chi connectivity index (χ4n) is 1.03. The van der Waals surface area contributed by atoms with Gasteiger partial charge in [0.1, 0.15) is 5.75 Å². The highest BCUT2D eigenvalue weighted by atomic mass is 79.9. The van der Waals surface area contributed by atoms with Crippen LogP contribution in [0.5, 0.6) is 5.75 Å². The lowest BCUT2D eigenvalue weighted by Gasteiger charge is -2.22. The number of hydrogen-bond donors (Lipinski definition) is 0. The normalized spacial score (nSPS) is 13.7. The van der Waals surface area contributed by atoms with E-state index in [-0.39, 0.29) is 10.0 Å². The van der Waals surface area contributed by atoms with Crippen molar-refractivity contribution in [3.8, 4) is 11.8 Å². The van der Waals surface area contributed by atoms with Crippen LogP contribution in [0.1, 0.15) is 5.56 Å². The molecule has 110 valence electrons. The van der Waals surface area contributed by atoms with Gasteiger partial charge in [0.2, 0.25) is 0 Å². The predicted molar refractivity (Wildman–Crippen MR) is 56.5 cm³/mol. The van der Waals surface area contributed by atoms with Crippen LogP contribution < -0.4 is 4.74 Å². The lowest BCUT2D eigenvalue weighted by atomic mass is 10.2. The number of ether oxygens (including phenoxy) is 2. The quantitative estimate of drug-likeness (QED) is 0.755. The summed E-state index contributed by atoms with van der Waals surface area (Å²) in [5, 5.41) is 8.54. The molecule has 20 heavy (non-hydrogen) atoms. The molecule has 3 nitrogen and oxygen atoms in total. The van der Waals surface area contributed by atoms with Crippen LogP contribution in [0, 0.1) is 11.3 Å². The molecular formula is C10H4BrF6NO2. The maximum Gasteiger partial charge on any atom is 0.525 e. The molecule has 1 atom stereocenters. The van der Waals surface area contributed by atoms with E-state index >= 15 is 0 Å². The van der Waals surface area contributed by atoms with Gasteiger partial charge >= 0.3 is 18.8 Å². The Morgan fingerprint density at radius 2 is 1.80 bits per heavy atom. The van der Waals surface area contributed by atoms with Gasteiger partial charge in [-0.25, -0.2) is 9.13 Å². The van der Waals surface area contributed by atoms with E-state index in [1.54, 1.807) is 6.07 Å². The summed E-state index contributed by atoms with van der Waals surface area (Å²) in [4.78, 5) is 0.